The van der Waals surface area contributed by atoms with Gasteiger partial charge in [-0.15, -0.1) is 0 Å². The number of nitrogens with zero attached hydrogens (tertiary/aromatic N) is 1. The van der Waals surface area contributed by atoms with Gasteiger partial charge in [0.1, 0.15) is 0 Å². The van der Waals surface area contributed by atoms with E-state index in [2.05, 4.69) is 32.0 Å². The van der Waals surface area contributed by atoms with Crippen molar-refractivity contribution >= 4 is 23.2 Å². The summed E-state index contributed by atoms with van der Waals surface area (Å²) in [5.74, 6) is 0.863. The third-order valence-electron chi connectivity index (χ3n) is 4.67. The van der Waals surface area contributed by atoms with E-state index in [4.69, 9.17) is 23.2 Å². The Bertz CT molecular complexity index is 445. The molecule has 0 aromatic heterocycles. The first-order valence-electron chi connectivity index (χ1n) is 8.80. The predicted octanol–water partition coefficient (Wildman–Crippen LogP) is 7.24. The molecule has 0 bridgehead atoms. The van der Waals surface area contributed by atoms with Gasteiger partial charge in [-0.3, -0.25) is 8.78 Å². The first-order chi connectivity index (χ1) is 11.9. The maximum atomic E-state index is 9.50. The minimum absolute atomic E-state index is 0.281. The van der Waals surface area contributed by atoms with Gasteiger partial charge in [0.05, 0.1) is 24.4 Å². The molecular weight excluding hydrogens is 363 g/mol. The first kappa shape index (κ1) is 26.8. The van der Waals surface area contributed by atoms with Gasteiger partial charge in [0.25, 0.3) is 0 Å². The lowest BCUT2D eigenvalue weighted by Crippen LogP contribution is -2.48. The molecule has 1 nitrogen and oxygen atoms in total. The van der Waals surface area contributed by atoms with Crippen molar-refractivity contribution in [3.8, 4) is 0 Å². The average molecular weight is 398 g/mol. The van der Waals surface area contributed by atoms with Gasteiger partial charge >= 0.3 is 0 Å². The van der Waals surface area contributed by atoms with E-state index >= 15 is 0 Å². The second kappa shape index (κ2) is 14.8. The molecule has 25 heavy (non-hydrogen) atoms. The summed E-state index contributed by atoms with van der Waals surface area (Å²) in [6.45, 7) is 6.36. The molecule has 148 valence electrons. The molecule has 0 atom stereocenters. The smallest absolute Gasteiger partial charge is 0.0785 e. The fraction of sp³-hybridized carbons (Fsp3) is 0.700. The van der Waals surface area contributed by atoms with E-state index in [0.29, 0.717) is 24.4 Å². The molecule has 1 aromatic rings. The maximum absolute atomic E-state index is 9.50. The SMILES string of the molecule is CC.CC1CCC(Cc2ccc(Cl)c(Cl)c2)(N(C)C)CC1.CF.CF. The molecule has 1 aromatic carbocycles. The van der Waals surface area contributed by atoms with Gasteiger partial charge in [0.15, 0.2) is 0 Å². The van der Waals surface area contributed by atoms with Crippen molar-refractivity contribution in [2.45, 2.75) is 58.4 Å². The zero-order chi connectivity index (χ0) is 20.0. The summed E-state index contributed by atoms with van der Waals surface area (Å²) in [6, 6.07) is 6.04. The summed E-state index contributed by atoms with van der Waals surface area (Å²) < 4.78 is 19.0. The Morgan fingerprint density at radius 2 is 1.48 bits per heavy atom. The van der Waals surface area contributed by atoms with Gasteiger partial charge in [-0.1, -0.05) is 50.0 Å². The lowest BCUT2D eigenvalue weighted by molar-refractivity contribution is 0.0830. The Morgan fingerprint density at radius 1 is 1.00 bits per heavy atom. The van der Waals surface area contributed by atoms with E-state index in [1.54, 1.807) is 0 Å². The maximum Gasteiger partial charge on any atom is 0.0785 e. The summed E-state index contributed by atoms with van der Waals surface area (Å²) in [6.07, 6.45) is 6.23. The van der Waals surface area contributed by atoms with E-state index in [-0.39, 0.29) is 5.54 Å². The molecule has 0 radical (unpaired) electrons. The lowest BCUT2D eigenvalue weighted by atomic mass is 9.73. The fourth-order valence-corrected chi connectivity index (χ4v) is 3.43. The molecule has 1 aliphatic carbocycles. The molecular formula is C20H35Cl2F2N. The normalized spacial score (nSPS) is 21.8. The number of benzene rings is 1. The molecule has 0 spiro atoms. The topological polar surface area (TPSA) is 3.24 Å². The van der Waals surface area contributed by atoms with Gasteiger partial charge in [-0.25, -0.2) is 0 Å². The quantitative estimate of drug-likeness (QED) is 0.519. The molecule has 1 saturated carbocycles. The van der Waals surface area contributed by atoms with Crippen LogP contribution in [0.1, 0.15) is 52.0 Å². The van der Waals surface area contributed by atoms with E-state index in [1.165, 1.54) is 31.2 Å². The van der Waals surface area contributed by atoms with Crippen LogP contribution in [-0.4, -0.2) is 38.9 Å². The Balaban J connectivity index is 0. The number of hydrogen-bond acceptors (Lipinski definition) is 1. The molecule has 0 amide bonds. The molecule has 1 fully saturated rings. The number of hydrogen-bond donors (Lipinski definition) is 0. The molecule has 0 heterocycles. The standard InChI is InChI=1S/C16H23Cl2N.C2H6.2CH3F/c1-12-6-8-16(9-7-12,19(2)3)11-13-4-5-14(17)15(18)10-13;3*1-2/h4-5,10,12H,6-9,11H2,1-3H3;1-2H3;2*1H3. The van der Waals surface area contributed by atoms with Crippen molar-refractivity contribution in [2.75, 3.05) is 28.5 Å². The monoisotopic (exact) mass is 397 g/mol. The minimum atomic E-state index is 0.281. The van der Waals surface area contributed by atoms with Crippen molar-refractivity contribution in [3.05, 3.63) is 33.8 Å². The van der Waals surface area contributed by atoms with Crippen molar-refractivity contribution in [2.24, 2.45) is 5.92 Å². The summed E-state index contributed by atoms with van der Waals surface area (Å²) in [5, 5.41) is 1.30. The highest BCUT2D eigenvalue weighted by molar-refractivity contribution is 6.42. The van der Waals surface area contributed by atoms with Gasteiger partial charge < -0.3 is 4.90 Å². The average Bonchev–Trinajstić information content (AvgIpc) is 2.65. The molecule has 0 unspecified atom stereocenters. The van der Waals surface area contributed by atoms with Crippen LogP contribution in [-0.2, 0) is 6.42 Å². The van der Waals surface area contributed by atoms with Crippen molar-refractivity contribution in [1.82, 2.24) is 4.90 Å². The minimum Gasteiger partial charge on any atom is -0.303 e. The zero-order valence-corrected chi connectivity index (χ0v) is 18.3. The van der Waals surface area contributed by atoms with Crippen LogP contribution in [0.15, 0.2) is 18.2 Å². The first-order valence-corrected chi connectivity index (χ1v) is 9.55. The number of rotatable bonds is 3. The third-order valence-corrected chi connectivity index (χ3v) is 5.41. The summed E-state index contributed by atoms with van der Waals surface area (Å²) in [5.41, 5.74) is 1.57. The van der Waals surface area contributed by atoms with Gasteiger partial charge in [-0.2, -0.15) is 0 Å². The van der Waals surface area contributed by atoms with Crippen LogP contribution in [0.25, 0.3) is 0 Å². The molecule has 0 saturated heterocycles. The number of likely N-dealkylation sites (N-methyl/N-ethyl adjacent to an activating group) is 1. The van der Waals surface area contributed by atoms with Crippen LogP contribution < -0.4 is 0 Å². The molecule has 0 N–H and O–H groups in total. The Labute approximate surface area is 163 Å². The van der Waals surface area contributed by atoms with Crippen LogP contribution in [0.3, 0.4) is 0 Å². The Morgan fingerprint density at radius 3 is 1.88 bits per heavy atom. The second-order valence-electron chi connectivity index (χ2n) is 6.23. The third kappa shape index (κ3) is 8.70. The van der Waals surface area contributed by atoms with Crippen LogP contribution >= 0.6 is 23.2 Å². The van der Waals surface area contributed by atoms with Gasteiger partial charge in [0, 0.05) is 5.54 Å². The van der Waals surface area contributed by atoms with E-state index in [1.807, 2.05) is 26.0 Å². The van der Waals surface area contributed by atoms with Crippen LogP contribution in [0.5, 0.6) is 0 Å². The van der Waals surface area contributed by atoms with Crippen LogP contribution in [0.2, 0.25) is 10.0 Å². The highest BCUT2D eigenvalue weighted by Gasteiger charge is 2.36. The van der Waals surface area contributed by atoms with E-state index in [0.717, 1.165) is 12.3 Å². The summed E-state index contributed by atoms with van der Waals surface area (Å²) in [4.78, 5) is 2.40. The highest BCUT2D eigenvalue weighted by atomic mass is 35.5. The predicted molar refractivity (Wildman–Crippen MR) is 110 cm³/mol. The second-order valence-corrected chi connectivity index (χ2v) is 7.04. The number of alkyl halides is 2. The molecule has 5 heteroatoms. The lowest BCUT2D eigenvalue weighted by Gasteiger charge is -2.45. The Kier molecular flexibility index (Phi) is 15.8. The molecule has 0 aliphatic heterocycles. The largest absolute Gasteiger partial charge is 0.303 e. The van der Waals surface area contributed by atoms with Crippen molar-refractivity contribution in [1.29, 1.82) is 0 Å². The van der Waals surface area contributed by atoms with Crippen LogP contribution in [0, 0.1) is 5.92 Å². The van der Waals surface area contributed by atoms with Gasteiger partial charge in [0.2, 0.25) is 0 Å². The highest BCUT2D eigenvalue weighted by Crippen LogP contribution is 2.38. The zero-order valence-electron chi connectivity index (χ0n) is 16.8. The number of halogens is 4. The van der Waals surface area contributed by atoms with Crippen molar-refractivity contribution < 1.29 is 8.78 Å². The van der Waals surface area contributed by atoms with Gasteiger partial charge in [-0.05, 0) is 69.8 Å². The van der Waals surface area contributed by atoms with E-state index < -0.39 is 0 Å². The van der Waals surface area contributed by atoms with Crippen molar-refractivity contribution in [3.63, 3.8) is 0 Å². The molecule has 2 rings (SSSR count). The van der Waals surface area contributed by atoms with Crippen LogP contribution in [0.4, 0.5) is 8.78 Å². The Hall–Kier alpha value is -0.380. The fourth-order valence-electron chi connectivity index (χ4n) is 3.11. The summed E-state index contributed by atoms with van der Waals surface area (Å²) >= 11 is 12.1. The molecule has 1 aliphatic rings. The summed E-state index contributed by atoms with van der Waals surface area (Å²) in [7, 11) is 5.40. The van der Waals surface area contributed by atoms with E-state index in [9.17, 15) is 8.78 Å².